The third kappa shape index (κ3) is 2.63. The highest BCUT2D eigenvalue weighted by Crippen LogP contribution is 2.38. The van der Waals surface area contributed by atoms with Crippen molar-refractivity contribution < 1.29 is 5.11 Å². The number of hydrogen-bond donors (Lipinski definition) is 1. The summed E-state index contributed by atoms with van der Waals surface area (Å²) in [5.74, 6) is 0.697. The summed E-state index contributed by atoms with van der Waals surface area (Å²) in [6.07, 6.45) is 2.90. The molecule has 1 nitrogen and oxygen atoms in total. The first-order chi connectivity index (χ1) is 6.65. The minimum absolute atomic E-state index is 0.418. The summed E-state index contributed by atoms with van der Waals surface area (Å²) in [5, 5.41) is 11.0. The van der Waals surface area contributed by atoms with E-state index >= 15 is 0 Å². The zero-order valence-electron chi connectivity index (χ0n) is 7.71. The first kappa shape index (κ1) is 10.3. The second kappa shape index (κ2) is 4.09. The van der Waals surface area contributed by atoms with Crippen LogP contribution in [-0.2, 0) is 0 Å². The fraction of sp³-hybridized carbons (Fsp3) is 0.455. The van der Waals surface area contributed by atoms with Gasteiger partial charge < -0.3 is 5.11 Å². The zero-order chi connectivity index (χ0) is 10.1. The molecule has 1 aliphatic carbocycles. The van der Waals surface area contributed by atoms with Gasteiger partial charge in [0.2, 0.25) is 0 Å². The number of hydrogen-bond acceptors (Lipinski definition) is 1. The van der Waals surface area contributed by atoms with Crippen molar-refractivity contribution in [2.75, 3.05) is 0 Å². The lowest BCUT2D eigenvalue weighted by Crippen LogP contribution is -1.98. The fourth-order valence-electron chi connectivity index (χ4n) is 1.57. The number of aliphatic hydroxyl groups excluding tert-OH is 1. The molecular weight excluding hydrogens is 219 g/mol. The summed E-state index contributed by atoms with van der Waals surface area (Å²) in [6.45, 7) is 0. The van der Waals surface area contributed by atoms with Crippen molar-refractivity contribution in [3.8, 4) is 0 Å². The Balaban J connectivity index is 2.12. The van der Waals surface area contributed by atoms with E-state index in [0.29, 0.717) is 16.0 Å². The van der Waals surface area contributed by atoms with Crippen LogP contribution in [0.3, 0.4) is 0 Å². The maximum atomic E-state index is 9.86. The van der Waals surface area contributed by atoms with Gasteiger partial charge in [-0.2, -0.15) is 0 Å². The van der Waals surface area contributed by atoms with E-state index in [2.05, 4.69) is 0 Å². The standard InChI is InChI=1S/C11H12Cl2O/c12-9-4-8(5-10(13)6-9)11(14)3-7-1-2-7/h4-7,11,14H,1-3H2. The molecule has 0 heterocycles. The van der Waals surface area contributed by atoms with E-state index in [1.807, 2.05) is 0 Å². The van der Waals surface area contributed by atoms with Gasteiger partial charge in [0.1, 0.15) is 0 Å². The lowest BCUT2D eigenvalue weighted by Gasteiger charge is -2.10. The molecule has 1 atom stereocenters. The number of benzene rings is 1. The van der Waals surface area contributed by atoms with Gasteiger partial charge in [-0.15, -0.1) is 0 Å². The van der Waals surface area contributed by atoms with Crippen LogP contribution in [0.25, 0.3) is 0 Å². The van der Waals surface area contributed by atoms with Crippen LogP contribution in [-0.4, -0.2) is 5.11 Å². The highest BCUT2D eigenvalue weighted by molar-refractivity contribution is 6.34. The molecule has 1 saturated carbocycles. The zero-order valence-corrected chi connectivity index (χ0v) is 9.22. The van der Waals surface area contributed by atoms with Crippen molar-refractivity contribution in [3.05, 3.63) is 33.8 Å². The van der Waals surface area contributed by atoms with E-state index in [1.165, 1.54) is 12.8 Å². The molecule has 1 N–H and O–H groups in total. The molecule has 0 amide bonds. The minimum Gasteiger partial charge on any atom is -0.388 e. The smallest absolute Gasteiger partial charge is 0.0793 e. The number of aliphatic hydroxyl groups is 1. The fourth-order valence-corrected chi connectivity index (χ4v) is 2.12. The summed E-state index contributed by atoms with van der Waals surface area (Å²) < 4.78 is 0. The van der Waals surface area contributed by atoms with Gasteiger partial charge in [-0.3, -0.25) is 0 Å². The normalized spacial score (nSPS) is 18.2. The molecule has 2 rings (SSSR count). The van der Waals surface area contributed by atoms with E-state index in [-0.39, 0.29) is 0 Å². The second-order valence-corrected chi connectivity index (χ2v) is 4.77. The lowest BCUT2D eigenvalue weighted by atomic mass is 10.0. The number of rotatable bonds is 3. The van der Waals surface area contributed by atoms with E-state index in [4.69, 9.17) is 23.2 Å². The van der Waals surface area contributed by atoms with Crippen LogP contribution in [0, 0.1) is 5.92 Å². The van der Waals surface area contributed by atoms with Crippen molar-refractivity contribution in [2.45, 2.75) is 25.4 Å². The van der Waals surface area contributed by atoms with E-state index in [1.54, 1.807) is 18.2 Å². The number of halogens is 2. The van der Waals surface area contributed by atoms with Crippen LogP contribution in [0.2, 0.25) is 10.0 Å². The molecule has 1 aliphatic rings. The first-order valence-electron chi connectivity index (χ1n) is 4.79. The molecule has 0 bridgehead atoms. The van der Waals surface area contributed by atoms with Crippen LogP contribution in [0.15, 0.2) is 18.2 Å². The van der Waals surface area contributed by atoms with E-state index < -0.39 is 6.10 Å². The average Bonchev–Trinajstić information content (AvgIpc) is 2.86. The molecule has 1 aromatic rings. The Kier molecular flexibility index (Phi) is 3.01. The Morgan fingerprint density at radius 2 is 1.79 bits per heavy atom. The van der Waals surface area contributed by atoms with Crippen LogP contribution in [0.1, 0.15) is 30.9 Å². The predicted molar refractivity (Wildman–Crippen MR) is 58.8 cm³/mol. The monoisotopic (exact) mass is 230 g/mol. The molecule has 14 heavy (non-hydrogen) atoms. The maximum absolute atomic E-state index is 9.86. The lowest BCUT2D eigenvalue weighted by molar-refractivity contribution is 0.160. The topological polar surface area (TPSA) is 20.2 Å². The third-order valence-corrected chi connectivity index (χ3v) is 2.96. The third-order valence-electron chi connectivity index (χ3n) is 2.52. The molecule has 3 heteroatoms. The quantitative estimate of drug-likeness (QED) is 0.838. The van der Waals surface area contributed by atoms with E-state index in [9.17, 15) is 5.11 Å². The van der Waals surface area contributed by atoms with Gasteiger partial charge in [-0.25, -0.2) is 0 Å². The van der Waals surface area contributed by atoms with Crippen LogP contribution in [0.5, 0.6) is 0 Å². The van der Waals surface area contributed by atoms with Crippen molar-refractivity contribution in [3.63, 3.8) is 0 Å². The van der Waals surface area contributed by atoms with Crippen molar-refractivity contribution >= 4 is 23.2 Å². The Hall–Kier alpha value is -0.240. The highest BCUT2D eigenvalue weighted by Gasteiger charge is 2.25. The van der Waals surface area contributed by atoms with E-state index in [0.717, 1.165) is 12.0 Å². The van der Waals surface area contributed by atoms with Crippen molar-refractivity contribution in [2.24, 2.45) is 5.92 Å². The Morgan fingerprint density at radius 1 is 1.21 bits per heavy atom. The molecule has 1 aromatic carbocycles. The molecule has 0 aliphatic heterocycles. The van der Waals surface area contributed by atoms with Gasteiger partial charge in [-0.1, -0.05) is 36.0 Å². The van der Waals surface area contributed by atoms with Gasteiger partial charge in [0, 0.05) is 10.0 Å². The molecular formula is C11H12Cl2O. The predicted octanol–water partition coefficient (Wildman–Crippen LogP) is 3.83. The average molecular weight is 231 g/mol. The van der Waals surface area contributed by atoms with Crippen LogP contribution < -0.4 is 0 Å². The molecule has 0 aromatic heterocycles. The molecule has 0 spiro atoms. The SMILES string of the molecule is OC(CC1CC1)c1cc(Cl)cc(Cl)c1. The van der Waals surface area contributed by atoms with Gasteiger partial charge in [0.15, 0.2) is 0 Å². The second-order valence-electron chi connectivity index (χ2n) is 3.90. The largest absolute Gasteiger partial charge is 0.388 e. The Labute approximate surface area is 93.7 Å². The van der Waals surface area contributed by atoms with Crippen molar-refractivity contribution in [1.82, 2.24) is 0 Å². The summed E-state index contributed by atoms with van der Waals surface area (Å²) >= 11 is 11.7. The maximum Gasteiger partial charge on any atom is 0.0793 e. The van der Waals surface area contributed by atoms with Crippen molar-refractivity contribution in [1.29, 1.82) is 0 Å². The first-order valence-corrected chi connectivity index (χ1v) is 5.55. The Morgan fingerprint density at radius 3 is 2.29 bits per heavy atom. The van der Waals surface area contributed by atoms with Gasteiger partial charge in [0.25, 0.3) is 0 Å². The summed E-state index contributed by atoms with van der Waals surface area (Å²) in [7, 11) is 0. The molecule has 1 unspecified atom stereocenters. The summed E-state index contributed by atoms with van der Waals surface area (Å²) in [4.78, 5) is 0. The van der Waals surface area contributed by atoms with Gasteiger partial charge in [-0.05, 0) is 36.1 Å². The summed E-state index contributed by atoms with van der Waals surface area (Å²) in [6, 6.07) is 5.23. The van der Waals surface area contributed by atoms with Crippen LogP contribution >= 0.6 is 23.2 Å². The highest BCUT2D eigenvalue weighted by atomic mass is 35.5. The molecule has 1 fully saturated rings. The van der Waals surface area contributed by atoms with Gasteiger partial charge >= 0.3 is 0 Å². The molecule has 76 valence electrons. The Bertz CT molecular complexity index is 314. The summed E-state index contributed by atoms with van der Waals surface area (Å²) in [5.41, 5.74) is 0.828. The van der Waals surface area contributed by atoms with Gasteiger partial charge in [0.05, 0.1) is 6.10 Å². The molecule has 0 saturated heterocycles. The molecule has 0 radical (unpaired) electrons. The van der Waals surface area contributed by atoms with Crippen LogP contribution in [0.4, 0.5) is 0 Å². The minimum atomic E-state index is -0.418.